The zero-order chi connectivity index (χ0) is 16.9. The van der Waals surface area contributed by atoms with Crippen LogP contribution in [0.4, 0.5) is 0 Å². The fourth-order valence-corrected chi connectivity index (χ4v) is 2.37. The zero-order valence-electron chi connectivity index (χ0n) is 14.3. The van der Waals surface area contributed by atoms with Crippen LogP contribution in [-0.2, 0) is 11.3 Å². The number of aliphatic hydroxyl groups excluding tert-OH is 2. The summed E-state index contributed by atoms with van der Waals surface area (Å²) in [5.41, 5.74) is 1.06. The smallest absolute Gasteiger partial charge is 0.104 e. The molecule has 0 spiro atoms. The normalized spacial score (nSPS) is 16.0. The lowest BCUT2D eigenvalue weighted by Crippen LogP contribution is -2.36. The van der Waals surface area contributed by atoms with Crippen molar-refractivity contribution in [2.75, 3.05) is 6.61 Å². The highest BCUT2D eigenvalue weighted by atomic mass is 16.5. The van der Waals surface area contributed by atoms with Gasteiger partial charge in [0, 0.05) is 5.92 Å². The lowest BCUT2D eigenvalue weighted by Gasteiger charge is -2.24. The zero-order valence-corrected chi connectivity index (χ0v) is 14.3. The third-order valence-electron chi connectivity index (χ3n) is 3.70. The van der Waals surface area contributed by atoms with Gasteiger partial charge in [-0.15, -0.1) is 0 Å². The molecule has 128 valence electrons. The molecule has 23 heavy (non-hydrogen) atoms. The molecule has 0 radical (unpaired) electrons. The fourth-order valence-electron chi connectivity index (χ4n) is 2.37. The number of ether oxygens (including phenoxy) is 1. The number of aliphatic hydroxyl groups is 2. The van der Waals surface area contributed by atoms with Crippen LogP contribution in [0.1, 0.15) is 38.7 Å². The van der Waals surface area contributed by atoms with E-state index < -0.39 is 12.2 Å². The Hall–Kier alpha value is -1.42. The second-order valence-corrected chi connectivity index (χ2v) is 5.74. The first kappa shape index (κ1) is 19.6. The molecule has 1 rings (SSSR count). The summed E-state index contributed by atoms with van der Waals surface area (Å²) in [4.78, 5) is 0. The lowest BCUT2D eigenvalue weighted by molar-refractivity contribution is -0.0565. The van der Waals surface area contributed by atoms with Crippen LogP contribution in [0.5, 0.6) is 0 Å². The number of allylic oxidation sites excluding steroid dienone is 3. The van der Waals surface area contributed by atoms with Crippen molar-refractivity contribution in [3.05, 3.63) is 60.2 Å². The van der Waals surface area contributed by atoms with Crippen molar-refractivity contribution < 1.29 is 14.9 Å². The molecule has 0 saturated carbocycles. The molecule has 0 aliphatic heterocycles. The number of unbranched alkanes of at least 4 members (excludes halogenated alkanes) is 1. The molecule has 3 nitrogen and oxygen atoms in total. The van der Waals surface area contributed by atoms with Gasteiger partial charge in [0.1, 0.15) is 6.10 Å². The molecule has 2 N–H and O–H groups in total. The van der Waals surface area contributed by atoms with E-state index >= 15 is 0 Å². The van der Waals surface area contributed by atoms with Crippen LogP contribution in [0.15, 0.2) is 54.6 Å². The Bertz CT molecular complexity index is 453. The summed E-state index contributed by atoms with van der Waals surface area (Å²) in [5, 5.41) is 20.5. The molecule has 0 amide bonds. The fraction of sp³-hybridized carbons (Fsp3) is 0.500. The molecule has 3 heteroatoms. The average molecular weight is 318 g/mol. The summed E-state index contributed by atoms with van der Waals surface area (Å²) >= 11 is 0. The van der Waals surface area contributed by atoms with Crippen LogP contribution >= 0.6 is 0 Å². The maximum atomic E-state index is 10.3. The van der Waals surface area contributed by atoms with Gasteiger partial charge in [0.15, 0.2) is 0 Å². The largest absolute Gasteiger partial charge is 0.390 e. The monoisotopic (exact) mass is 318 g/mol. The van der Waals surface area contributed by atoms with E-state index in [1.807, 2.05) is 49.4 Å². The van der Waals surface area contributed by atoms with Gasteiger partial charge in [-0.3, -0.25) is 0 Å². The highest BCUT2D eigenvalue weighted by Crippen LogP contribution is 2.16. The van der Waals surface area contributed by atoms with Gasteiger partial charge in [-0.25, -0.2) is 0 Å². The second-order valence-electron chi connectivity index (χ2n) is 5.74. The Morgan fingerprint density at radius 2 is 1.87 bits per heavy atom. The van der Waals surface area contributed by atoms with Crippen LogP contribution in [-0.4, -0.2) is 29.0 Å². The number of benzene rings is 1. The molecular formula is C20H30O3. The third-order valence-corrected chi connectivity index (χ3v) is 3.70. The minimum absolute atomic E-state index is 0.0940. The number of hydrogen-bond acceptors (Lipinski definition) is 3. The minimum Gasteiger partial charge on any atom is -0.390 e. The van der Waals surface area contributed by atoms with E-state index in [9.17, 15) is 10.2 Å². The molecule has 3 atom stereocenters. The maximum Gasteiger partial charge on any atom is 0.104 e. The summed E-state index contributed by atoms with van der Waals surface area (Å²) in [7, 11) is 0. The van der Waals surface area contributed by atoms with Crippen molar-refractivity contribution in [3.8, 4) is 0 Å². The van der Waals surface area contributed by atoms with Crippen LogP contribution in [0.25, 0.3) is 0 Å². The minimum atomic E-state index is -0.889. The topological polar surface area (TPSA) is 49.7 Å². The lowest BCUT2D eigenvalue weighted by atomic mass is 9.94. The van der Waals surface area contributed by atoms with E-state index in [1.54, 1.807) is 0 Å². The molecule has 1 aromatic rings. The summed E-state index contributed by atoms with van der Waals surface area (Å²) < 4.78 is 5.52. The molecular weight excluding hydrogens is 288 g/mol. The summed E-state index contributed by atoms with van der Waals surface area (Å²) in [5.74, 6) is -0.0940. The van der Waals surface area contributed by atoms with E-state index in [4.69, 9.17) is 4.74 Å². The van der Waals surface area contributed by atoms with E-state index in [0.29, 0.717) is 6.61 Å². The van der Waals surface area contributed by atoms with Gasteiger partial charge in [0.2, 0.25) is 0 Å². The SMILES string of the molecule is C/C=C/[C@H](C/C=C\CCC)[C@H](O)[C@@H](O)COCc1ccccc1. The Labute approximate surface area is 140 Å². The van der Waals surface area contributed by atoms with Crippen molar-refractivity contribution in [1.82, 2.24) is 0 Å². The molecule has 0 aromatic heterocycles. The Kier molecular flexibility index (Phi) is 10.3. The molecule has 0 aliphatic carbocycles. The van der Waals surface area contributed by atoms with Crippen LogP contribution in [0, 0.1) is 5.92 Å². The van der Waals surface area contributed by atoms with Gasteiger partial charge in [-0.2, -0.15) is 0 Å². The average Bonchev–Trinajstić information content (AvgIpc) is 2.58. The van der Waals surface area contributed by atoms with Gasteiger partial charge in [0.05, 0.1) is 19.3 Å². The van der Waals surface area contributed by atoms with Crippen molar-refractivity contribution in [2.24, 2.45) is 5.92 Å². The molecule has 0 bridgehead atoms. The maximum absolute atomic E-state index is 10.3. The second kappa shape index (κ2) is 12.1. The van der Waals surface area contributed by atoms with Crippen molar-refractivity contribution in [3.63, 3.8) is 0 Å². The molecule has 0 fully saturated rings. The van der Waals surface area contributed by atoms with E-state index in [0.717, 1.165) is 24.8 Å². The van der Waals surface area contributed by atoms with Crippen molar-refractivity contribution in [1.29, 1.82) is 0 Å². The van der Waals surface area contributed by atoms with E-state index in [-0.39, 0.29) is 12.5 Å². The van der Waals surface area contributed by atoms with Gasteiger partial charge in [-0.1, -0.05) is 68.0 Å². The summed E-state index contributed by atoms with van der Waals surface area (Å²) in [6.45, 7) is 4.63. The molecule has 0 aliphatic rings. The Morgan fingerprint density at radius 3 is 2.52 bits per heavy atom. The molecule has 0 heterocycles. The first-order valence-electron chi connectivity index (χ1n) is 8.44. The molecule has 0 saturated heterocycles. The van der Waals surface area contributed by atoms with Gasteiger partial charge >= 0.3 is 0 Å². The predicted molar refractivity (Wildman–Crippen MR) is 95.1 cm³/mol. The first-order chi connectivity index (χ1) is 11.2. The summed E-state index contributed by atoms with van der Waals surface area (Å²) in [6.07, 6.45) is 9.23. The molecule has 1 aromatic carbocycles. The van der Waals surface area contributed by atoms with Gasteiger partial charge < -0.3 is 14.9 Å². The quantitative estimate of drug-likeness (QED) is 0.609. The van der Waals surface area contributed by atoms with Crippen molar-refractivity contribution in [2.45, 2.75) is 51.9 Å². The Balaban J connectivity index is 2.42. The number of rotatable bonds is 11. The van der Waals surface area contributed by atoms with Gasteiger partial charge in [-0.05, 0) is 25.3 Å². The molecule has 0 unspecified atom stereocenters. The van der Waals surface area contributed by atoms with Crippen molar-refractivity contribution >= 4 is 0 Å². The first-order valence-corrected chi connectivity index (χ1v) is 8.44. The van der Waals surface area contributed by atoms with E-state index in [1.165, 1.54) is 0 Å². The van der Waals surface area contributed by atoms with Crippen LogP contribution < -0.4 is 0 Å². The standard InChI is InChI=1S/C20H30O3/c1-3-5-6-10-14-18(11-4-2)20(22)19(21)16-23-15-17-12-8-7-9-13-17/h4,6-13,18-22H,3,5,14-16H2,1-2H3/b10-6-,11-4+/t18-,19+,20+/m1/s1. The highest BCUT2D eigenvalue weighted by Gasteiger charge is 2.23. The van der Waals surface area contributed by atoms with Crippen LogP contribution in [0.2, 0.25) is 0 Å². The Morgan fingerprint density at radius 1 is 1.13 bits per heavy atom. The third kappa shape index (κ3) is 8.12. The predicted octanol–water partition coefficient (Wildman–Crippen LogP) is 3.86. The van der Waals surface area contributed by atoms with Gasteiger partial charge in [0.25, 0.3) is 0 Å². The summed E-state index contributed by atoms with van der Waals surface area (Å²) in [6, 6.07) is 9.81. The van der Waals surface area contributed by atoms with Crippen LogP contribution in [0.3, 0.4) is 0 Å². The number of hydrogen-bond donors (Lipinski definition) is 2. The van der Waals surface area contributed by atoms with E-state index in [2.05, 4.69) is 19.1 Å². The highest BCUT2D eigenvalue weighted by molar-refractivity contribution is 5.13.